The van der Waals surface area contributed by atoms with E-state index in [2.05, 4.69) is 26.2 Å². The molecule has 0 spiro atoms. The number of hydrogen-bond acceptors (Lipinski definition) is 3. The van der Waals surface area contributed by atoms with Crippen LogP contribution in [0.3, 0.4) is 0 Å². The van der Waals surface area contributed by atoms with E-state index < -0.39 is 6.03 Å². The molecule has 1 aromatic heterocycles. The molecule has 3 rings (SSSR count). The number of carbonyl (C=O) groups excluding carboxylic acids is 2. The van der Waals surface area contributed by atoms with Crippen LogP contribution in [0, 0.1) is 13.8 Å². The molecular formula is C20H26N4O2. The highest BCUT2D eigenvalue weighted by Crippen LogP contribution is 2.31. The number of hydrogen-bond donors (Lipinski definition) is 2. The number of aromatic nitrogens is 1. The standard InChI is InChI=1S/C20H26N4O2/c1-14-7-4-8-16(15(14)2)21-20(26)22-19(25)13-24-12-6-10-18(24)17-9-5-11-23(17)3/h4-5,7-9,11,18H,6,10,12-13H2,1-3H3,(H2,21,22,25,26)/t18-/m1/s1. The van der Waals surface area contributed by atoms with Gasteiger partial charge in [0, 0.05) is 24.6 Å². The second-order valence-electron chi connectivity index (χ2n) is 6.92. The number of rotatable bonds is 4. The number of nitrogens with zero attached hydrogens (tertiary/aromatic N) is 2. The lowest BCUT2D eigenvalue weighted by Crippen LogP contribution is -2.41. The molecule has 2 N–H and O–H groups in total. The minimum absolute atomic E-state index is 0.218. The summed E-state index contributed by atoms with van der Waals surface area (Å²) in [6.07, 6.45) is 4.10. The number of nitrogens with one attached hydrogen (secondary N) is 2. The molecule has 2 aromatic rings. The van der Waals surface area contributed by atoms with Crippen molar-refractivity contribution in [3.8, 4) is 0 Å². The zero-order chi connectivity index (χ0) is 18.7. The average molecular weight is 354 g/mol. The summed E-state index contributed by atoms with van der Waals surface area (Å²) in [5, 5.41) is 5.21. The van der Waals surface area contributed by atoms with Crippen LogP contribution >= 0.6 is 0 Å². The summed E-state index contributed by atoms with van der Waals surface area (Å²) in [4.78, 5) is 26.6. The Labute approximate surface area is 154 Å². The summed E-state index contributed by atoms with van der Waals surface area (Å²) >= 11 is 0. The van der Waals surface area contributed by atoms with Crippen molar-refractivity contribution in [1.82, 2.24) is 14.8 Å². The molecule has 1 aliphatic rings. The number of aryl methyl sites for hydroxylation is 2. The van der Waals surface area contributed by atoms with E-state index in [4.69, 9.17) is 0 Å². The Balaban J connectivity index is 1.57. The first-order valence-electron chi connectivity index (χ1n) is 8.98. The number of anilines is 1. The van der Waals surface area contributed by atoms with E-state index in [1.54, 1.807) is 0 Å². The van der Waals surface area contributed by atoms with Gasteiger partial charge in [0.15, 0.2) is 0 Å². The van der Waals surface area contributed by atoms with Gasteiger partial charge in [0.05, 0.1) is 12.6 Å². The Kier molecular flexibility index (Phi) is 5.42. The molecule has 0 bridgehead atoms. The minimum atomic E-state index is -0.488. The topological polar surface area (TPSA) is 66.4 Å². The highest BCUT2D eigenvalue weighted by atomic mass is 16.2. The van der Waals surface area contributed by atoms with Crippen molar-refractivity contribution >= 4 is 17.6 Å². The predicted molar refractivity (Wildman–Crippen MR) is 102 cm³/mol. The lowest BCUT2D eigenvalue weighted by atomic mass is 10.1. The van der Waals surface area contributed by atoms with Gasteiger partial charge in [-0.3, -0.25) is 15.0 Å². The van der Waals surface area contributed by atoms with Crippen molar-refractivity contribution in [2.45, 2.75) is 32.7 Å². The molecule has 2 heterocycles. The van der Waals surface area contributed by atoms with Crippen molar-refractivity contribution in [2.75, 3.05) is 18.4 Å². The van der Waals surface area contributed by atoms with E-state index in [0.29, 0.717) is 0 Å². The maximum Gasteiger partial charge on any atom is 0.325 e. The molecule has 0 saturated carbocycles. The Bertz CT molecular complexity index is 812. The monoisotopic (exact) mass is 354 g/mol. The van der Waals surface area contributed by atoms with Crippen molar-refractivity contribution in [3.63, 3.8) is 0 Å². The first-order valence-corrected chi connectivity index (χ1v) is 8.98. The van der Waals surface area contributed by atoms with Crippen LogP contribution in [0.5, 0.6) is 0 Å². The molecule has 3 amide bonds. The van der Waals surface area contributed by atoms with Crippen molar-refractivity contribution in [2.24, 2.45) is 7.05 Å². The van der Waals surface area contributed by atoms with Crippen LogP contribution in [0.1, 0.15) is 35.7 Å². The van der Waals surface area contributed by atoms with E-state index in [1.807, 2.05) is 51.4 Å². The summed E-state index contributed by atoms with van der Waals surface area (Å²) in [6.45, 7) is 5.01. The molecule has 0 radical (unpaired) electrons. The fourth-order valence-corrected chi connectivity index (χ4v) is 3.56. The molecule has 6 nitrogen and oxygen atoms in total. The van der Waals surface area contributed by atoms with Crippen LogP contribution in [-0.2, 0) is 11.8 Å². The molecule has 1 saturated heterocycles. The second-order valence-corrected chi connectivity index (χ2v) is 6.92. The number of benzene rings is 1. The van der Waals surface area contributed by atoms with Gasteiger partial charge in [-0.25, -0.2) is 4.79 Å². The third-order valence-corrected chi connectivity index (χ3v) is 5.14. The van der Waals surface area contributed by atoms with Crippen LogP contribution in [-0.4, -0.2) is 34.5 Å². The molecule has 1 atom stereocenters. The van der Waals surface area contributed by atoms with E-state index >= 15 is 0 Å². The van der Waals surface area contributed by atoms with Crippen molar-refractivity contribution < 1.29 is 9.59 Å². The summed E-state index contributed by atoms with van der Waals surface area (Å²) in [7, 11) is 2.02. The fraction of sp³-hybridized carbons (Fsp3) is 0.400. The van der Waals surface area contributed by atoms with E-state index in [-0.39, 0.29) is 18.5 Å². The molecule has 1 fully saturated rings. The first kappa shape index (κ1) is 18.2. The first-order chi connectivity index (χ1) is 12.5. The van der Waals surface area contributed by atoms with Crippen LogP contribution in [0.15, 0.2) is 36.5 Å². The fourth-order valence-electron chi connectivity index (χ4n) is 3.56. The highest BCUT2D eigenvalue weighted by molar-refractivity contribution is 6.02. The largest absolute Gasteiger partial charge is 0.353 e. The zero-order valence-electron chi connectivity index (χ0n) is 15.6. The van der Waals surface area contributed by atoms with Gasteiger partial charge >= 0.3 is 6.03 Å². The summed E-state index contributed by atoms with van der Waals surface area (Å²) < 4.78 is 2.09. The van der Waals surface area contributed by atoms with Gasteiger partial charge in [-0.15, -0.1) is 0 Å². The maximum atomic E-state index is 12.3. The number of likely N-dealkylation sites (tertiary alicyclic amines) is 1. The van der Waals surface area contributed by atoms with Gasteiger partial charge in [-0.2, -0.15) is 0 Å². The normalized spacial score (nSPS) is 17.3. The zero-order valence-corrected chi connectivity index (χ0v) is 15.6. The highest BCUT2D eigenvalue weighted by Gasteiger charge is 2.29. The van der Waals surface area contributed by atoms with E-state index in [1.165, 1.54) is 5.69 Å². The van der Waals surface area contributed by atoms with E-state index in [0.717, 1.165) is 36.2 Å². The van der Waals surface area contributed by atoms with Crippen molar-refractivity contribution in [3.05, 3.63) is 53.3 Å². The molecule has 1 aliphatic heterocycles. The Morgan fingerprint density at radius 2 is 2.00 bits per heavy atom. The van der Waals surface area contributed by atoms with Gasteiger partial charge in [-0.1, -0.05) is 12.1 Å². The quantitative estimate of drug-likeness (QED) is 0.886. The smallest absolute Gasteiger partial charge is 0.325 e. The number of imide groups is 1. The summed E-state index contributed by atoms with van der Waals surface area (Å²) in [5.41, 5.74) is 4.02. The Morgan fingerprint density at radius 3 is 2.73 bits per heavy atom. The Morgan fingerprint density at radius 1 is 1.19 bits per heavy atom. The molecule has 26 heavy (non-hydrogen) atoms. The van der Waals surface area contributed by atoms with Gasteiger partial charge in [-0.05, 0) is 62.6 Å². The van der Waals surface area contributed by atoms with Crippen LogP contribution in [0.4, 0.5) is 10.5 Å². The molecular weight excluding hydrogens is 328 g/mol. The second kappa shape index (κ2) is 7.74. The molecule has 6 heteroatoms. The lowest BCUT2D eigenvalue weighted by molar-refractivity contribution is -0.121. The third-order valence-electron chi connectivity index (χ3n) is 5.14. The third kappa shape index (κ3) is 3.96. The summed E-state index contributed by atoms with van der Waals surface area (Å²) in [6, 6.07) is 9.55. The number of carbonyl (C=O) groups is 2. The van der Waals surface area contributed by atoms with Gasteiger partial charge < -0.3 is 9.88 Å². The van der Waals surface area contributed by atoms with Crippen LogP contribution in [0.2, 0.25) is 0 Å². The van der Waals surface area contributed by atoms with Gasteiger partial charge in [0.1, 0.15) is 0 Å². The van der Waals surface area contributed by atoms with Gasteiger partial charge in [0.2, 0.25) is 5.91 Å². The molecule has 0 aliphatic carbocycles. The minimum Gasteiger partial charge on any atom is -0.353 e. The number of amides is 3. The van der Waals surface area contributed by atoms with Crippen molar-refractivity contribution in [1.29, 1.82) is 0 Å². The van der Waals surface area contributed by atoms with Crippen LogP contribution < -0.4 is 10.6 Å². The Hall–Kier alpha value is -2.60. The summed E-state index contributed by atoms with van der Waals surface area (Å²) in [5.74, 6) is -0.283. The van der Waals surface area contributed by atoms with E-state index in [9.17, 15) is 9.59 Å². The predicted octanol–water partition coefficient (Wildman–Crippen LogP) is 3.13. The maximum absolute atomic E-state index is 12.3. The SMILES string of the molecule is Cc1cccc(NC(=O)NC(=O)CN2CCC[C@@H]2c2cccn2C)c1C. The molecule has 0 unspecified atom stereocenters. The van der Waals surface area contributed by atoms with Gasteiger partial charge in [0.25, 0.3) is 0 Å². The number of urea groups is 1. The lowest BCUT2D eigenvalue weighted by Gasteiger charge is -2.24. The van der Waals surface area contributed by atoms with Crippen LogP contribution in [0.25, 0.3) is 0 Å². The molecule has 138 valence electrons. The average Bonchev–Trinajstić information content (AvgIpc) is 3.20. The molecule has 1 aromatic carbocycles.